The van der Waals surface area contributed by atoms with E-state index in [1.165, 1.54) is 19.2 Å². The minimum absolute atomic E-state index is 0.0169. The summed E-state index contributed by atoms with van der Waals surface area (Å²) in [4.78, 5) is 29.4. The summed E-state index contributed by atoms with van der Waals surface area (Å²) in [6.45, 7) is 0. The van der Waals surface area contributed by atoms with Crippen LogP contribution in [0.4, 0.5) is 0 Å². The normalized spacial score (nSPS) is 17.1. The average Bonchev–Trinajstić information content (AvgIpc) is 2.63. The van der Waals surface area contributed by atoms with E-state index in [0.717, 1.165) is 25.7 Å². The number of nitrogens with zero attached hydrogens (tertiary/aromatic N) is 1. The molecular formula is C12H17N3O3. The summed E-state index contributed by atoms with van der Waals surface area (Å²) in [6.07, 6.45) is 7.39. The van der Waals surface area contributed by atoms with Gasteiger partial charge in [-0.15, -0.1) is 0 Å². The summed E-state index contributed by atoms with van der Waals surface area (Å²) in [5.74, 6) is -1.11. The fourth-order valence-electron chi connectivity index (χ4n) is 2.23. The summed E-state index contributed by atoms with van der Waals surface area (Å²) in [5, 5.41) is 0. The molecule has 1 amide bonds. The quantitative estimate of drug-likeness (QED) is 0.626. The van der Waals surface area contributed by atoms with Gasteiger partial charge < -0.3 is 15.5 Å². The first-order valence-corrected chi connectivity index (χ1v) is 6.23. The van der Waals surface area contributed by atoms with Crippen molar-refractivity contribution in [2.45, 2.75) is 38.5 Å². The lowest BCUT2D eigenvalue weighted by Gasteiger charge is -2.11. The summed E-state index contributed by atoms with van der Waals surface area (Å²) in [5.41, 5.74) is 5.18. The molecule has 6 heteroatoms. The molecule has 0 bridgehead atoms. The Kier molecular flexibility index (Phi) is 3.96. The van der Waals surface area contributed by atoms with Crippen molar-refractivity contribution in [1.29, 1.82) is 0 Å². The number of ether oxygens (including phenoxy) is 1. The molecule has 0 aliphatic heterocycles. The fourth-order valence-corrected chi connectivity index (χ4v) is 2.23. The van der Waals surface area contributed by atoms with E-state index >= 15 is 0 Å². The third-order valence-electron chi connectivity index (χ3n) is 3.24. The average molecular weight is 251 g/mol. The molecular weight excluding hydrogens is 234 g/mol. The maximum Gasteiger partial charge on any atom is 0.315 e. The van der Waals surface area contributed by atoms with Crippen LogP contribution in [0.3, 0.4) is 0 Å². The number of aromatic nitrogens is 2. The second-order valence-corrected chi connectivity index (χ2v) is 4.56. The molecule has 1 aromatic rings. The first-order chi connectivity index (χ1) is 8.68. The maximum absolute atomic E-state index is 12.0. The standard InChI is InChI=1S/C12H17N3O3/c13-10(16)9-11(15-7-14-9)18-12(17)8-5-3-1-2-4-6-8/h7-8H,1-6H2,(H2,13,16)(H,14,15). The number of esters is 1. The summed E-state index contributed by atoms with van der Waals surface area (Å²) >= 11 is 0. The molecule has 98 valence electrons. The molecule has 18 heavy (non-hydrogen) atoms. The highest BCUT2D eigenvalue weighted by molar-refractivity contribution is 5.93. The van der Waals surface area contributed by atoms with Crippen molar-refractivity contribution in [1.82, 2.24) is 9.97 Å². The number of nitrogens with two attached hydrogens (primary N) is 1. The molecule has 1 saturated carbocycles. The van der Waals surface area contributed by atoms with E-state index in [4.69, 9.17) is 10.5 Å². The van der Waals surface area contributed by atoms with Gasteiger partial charge in [-0.25, -0.2) is 4.98 Å². The zero-order valence-corrected chi connectivity index (χ0v) is 10.1. The van der Waals surface area contributed by atoms with Crippen LogP contribution in [0.1, 0.15) is 49.0 Å². The van der Waals surface area contributed by atoms with Gasteiger partial charge in [0, 0.05) is 0 Å². The predicted octanol–water partition coefficient (Wildman–Crippen LogP) is 1.38. The predicted molar refractivity (Wildman–Crippen MR) is 63.9 cm³/mol. The molecule has 0 saturated heterocycles. The third kappa shape index (κ3) is 2.88. The molecule has 1 heterocycles. The van der Waals surface area contributed by atoms with Gasteiger partial charge in [-0.3, -0.25) is 9.59 Å². The van der Waals surface area contributed by atoms with Gasteiger partial charge in [-0.2, -0.15) is 0 Å². The second-order valence-electron chi connectivity index (χ2n) is 4.56. The van der Waals surface area contributed by atoms with Crippen LogP contribution in [0, 0.1) is 5.92 Å². The number of amides is 1. The lowest BCUT2D eigenvalue weighted by molar-refractivity contribution is -0.139. The van der Waals surface area contributed by atoms with Gasteiger partial charge in [0.05, 0.1) is 12.2 Å². The number of H-pyrrole nitrogens is 1. The van der Waals surface area contributed by atoms with E-state index in [0.29, 0.717) is 0 Å². The number of nitrogens with one attached hydrogen (secondary N) is 1. The summed E-state index contributed by atoms with van der Waals surface area (Å²) < 4.78 is 5.16. The minimum atomic E-state index is -0.684. The van der Waals surface area contributed by atoms with Crippen LogP contribution in [0.15, 0.2) is 6.33 Å². The molecule has 0 radical (unpaired) electrons. The maximum atomic E-state index is 12.0. The molecule has 1 aliphatic rings. The summed E-state index contributed by atoms with van der Waals surface area (Å²) in [6, 6.07) is 0. The molecule has 0 spiro atoms. The Hall–Kier alpha value is -1.85. The van der Waals surface area contributed by atoms with Crippen molar-refractivity contribution in [3.63, 3.8) is 0 Å². The Balaban J connectivity index is 2.01. The van der Waals surface area contributed by atoms with Gasteiger partial charge in [0.1, 0.15) is 0 Å². The Bertz CT molecular complexity index is 434. The highest BCUT2D eigenvalue weighted by atomic mass is 16.5. The number of aromatic amines is 1. The Morgan fingerprint density at radius 1 is 1.28 bits per heavy atom. The van der Waals surface area contributed by atoms with E-state index in [9.17, 15) is 9.59 Å². The van der Waals surface area contributed by atoms with Crippen molar-refractivity contribution in [3.8, 4) is 5.88 Å². The smallest absolute Gasteiger partial charge is 0.315 e. The zero-order chi connectivity index (χ0) is 13.0. The van der Waals surface area contributed by atoms with Crippen molar-refractivity contribution < 1.29 is 14.3 Å². The first kappa shape index (κ1) is 12.6. The zero-order valence-electron chi connectivity index (χ0n) is 10.1. The van der Waals surface area contributed by atoms with E-state index < -0.39 is 5.91 Å². The molecule has 1 aromatic heterocycles. The van der Waals surface area contributed by atoms with Crippen molar-refractivity contribution in [2.75, 3.05) is 0 Å². The molecule has 2 rings (SSSR count). The number of hydrogen-bond acceptors (Lipinski definition) is 4. The Morgan fingerprint density at radius 3 is 2.56 bits per heavy atom. The van der Waals surface area contributed by atoms with Gasteiger partial charge >= 0.3 is 5.97 Å². The summed E-state index contributed by atoms with van der Waals surface area (Å²) in [7, 11) is 0. The number of carbonyl (C=O) groups is 2. The van der Waals surface area contributed by atoms with Gasteiger partial charge in [-0.05, 0) is 12.8 Å². The highest BCUT2D eigenvalue weighted by Crippen LogP contribution is 2.25. The van der Waals surface area contributed by atoms with Gasteiger partial charge in [0.25, 0.3) is 11.8 Å². The van der Waals surface area contributed by atoms with E-state index in [1.807, 2.05) is 0 Å². The van der Waals surface area contributed by atoms with Gasteiger partial charge in [-0.1, -0.05) is 25.7 Å². The molecule has 1 fully saturated rings. The first-order valence-electron chi connectivity index (χ1n) is 6.23. The lowest BCUT2D eigenvalue weighted by Crippen LogP contribution is -2.22. The number of hydrogen-bond donors (Lipinski definition) is 2. The SMILES string of the molecule is NC(=O)c1[nH]cnc1OC(=O)C1CCCCCC1. The molecule has 0 unspecified atom stereocenters. The fraction of sp³-hybridized carbons (Fsp3) is 0.583. The van der Waals surface area contributed by atoms with E-state index in [1.54, 1.807) is 0 Å². The van der Waals surface area contributed by atoms with Crippen LogP contribution in [0.2, 0.25) is 0 Å². The van der Waals surface area contributed by atoms with E-state index in [2.05, 4.69) is 9.97 Å². The number of primary amides is 1. The second kappa shape index (κ2) is 5.66. The van der Waals surface area contributed by atoms with Crippen LogP contribution in [-0.4, -0.2) is 21.8 Å². The number of carbonyl (C=O) groups excluding carboxylic acids is 2. The molecule has 6 nitrogen and oxygen atoms in total. The van der Waals surface area contributed by atoms with Gasteiger partial charge in [0.15, 0.2) is 5.69 Å². The topological polar surface area (TPSA) is 98.1 Å². The molecule has 0 atom stereocenters. The van der Waals surface area contributed by atoms with E-state index in [-0.39, 0.29) is 23.5 Å². The van der Waals surface area contributed by atoms with Gasteiger partial charge in [0.2, 0.25) is 0 Å². The van der Waals surface area contributed by atoms with Crippen LogP contribution in [0.5, 0.6) is 5.88 Å². The molecule has 0 aromatic carbocycles. The monoisotopic (exact) mass is 251 g/mol. The number of rotatable bonds is 3. The highest BCUT2D eigenvalue weighted by Gasteiger charge is 2.24. The van der Waals surface area contributed by atoms with Crippen LogP contribution in [-0.2, 0) is 4.79 Å². The largest absolute Gasteiger partial charge is 0.405 e. The molecule has 1 aliphatic carbocycles. The van der Waals surface area contributed by atoms with Crippen LogP contribution in [0.25, 0.3) is 0 Å². The third-order valence-corrected chi connectivity index (χ3v) is 3.24. The lowest BCUT2D eigenvalue weighted by atomic mass is 10.0. The number of imidazole rings is 1. The van der Waals surface area contributed by atoms with Crippen molar-refractivity contribution in [2.24, 2.45) is 11.7 Å². The Morgan fingerprint density at radius 2 is 1.94 bits per heavy atom. The minimum Gasteiger partial charge on any atom is -0.405 e. The Labute approximate surface area is 105 Å². The van der Waals surface area contributed by atoms with Crippen molar-refractivity contribution >= 4 is 11.9 Å². The van der Waals surface area contributed by atoms with Crippen molar-refractivity contribution in [3.05, 3.63) is 12.0 Å². The molecule has 3 N–H and O–H groups in total. The van der Waals surface area contributed by atoms with Crippen LogP contribution < -0.4 is 10.5 Å². The van der Waals surface area contributed by atoms with Crippen LogP contribution >= 0.6 is 0 Å².